The van der Waals surface area contributed by atoms with Gasteiger partial charge < -0.3 is 5.32 Å². The average molecular weight is 481 g/mol. The fourth-order valence-electron chi connectivity index (χ4n) is 3.50. The van der Waals surface area contributed by atoms with Crippen molar-refractivity contribution in [1.82, 2.24) is 19.8 Å². The van der Waals surface area contributed by atoms with Crippen molar-refractivity contribution < 1.29 is 18.8 Å². The predicted octanol–water partition coefficient (Wildman–Crippen LogP) is 3.17. The van der Waals surface area contributed by atoms with Gasteiger partial charge in [0.05, 0.1) is 22.1 Å². The molecule has 0 atom stereocenters. The predicted molar refractivity (Wildman–Crippen MR) is 127 cm³/mol. The van der Waals surface area contributed by atoms with E-state index in [9.17, 15) is 23.6 Å². The maximum Gasteiger partial charge on any atom is 0.293 e. The lowest BCUT2D eigenvalue weighted by Crippen LogP contribution is -2.37. The largest absolute Gasteiger partial charge is 0.354 e. The molecular weight excluding hydrogens is 459 g/mol. The Morgan fingerprint density at radius 2 is 1.82 bits per heavy atom. The summed E-state index contributed by atoms with van der Waals surface area (Å²) in [6.45, 7) is 0.453. The summed E-state index contributed by atoms with van der Waals surface area (Å²) in [5, 5.41) is 2.73. The van der Waals surface area contributed by atoms with E-state index in [1.165, 1.54) is 35.2 Å². The molecule has 1 fully saturated rings. The standard InChI is InChI=1S/C24H21FN4O4S/c25-18-8-3-1-6-16(18)14-20-23(32)29(24(33)34-20)13-11-26-21(30)10-5-12-28-15-27-19-9-4-2-7-17(19)22(28)31/h1-4,6-9,14-15H,5,10-13H2,(H,26,30)/b20-14-. The third-order valence-electron chi connectivity index (χ3n) is 5.26. The minimum absolute atomic E-state index is 0.0130. The topological polar surface area (TPSA) is 101 Å². The van der Waals surface area contributed by atoms with Gasteiger partial charge in [0.2, 0.25) is 5.91 Å². The van der Waals surface area contributed by atoms with Crippen molar-refractivity contribution in [2.45, 2.75) is 19.4 Å². The number of halogens is 1. The number of thioether (sulfide) groups is 1. The first-order valence-electron chi connectivity index (χ1n) is 10.6. The highest BCUT2D eigenvalue weighted by Gasteiger charge is 2.34. The maximum atomic E-state index is 13.8. The molecule has 3 aromatic rings. The Hall–Kier alpha value is -3.79. The lowest BCUT2D eigenvalue weighted by molar-refractivity contribution is -0.124. The van der Waals surface area contributed by atoms with E-state index in [-0.39, 0.29) is 41.4 Å². The molecule has 0 spiro atoms. The van der Waals surface area contributed by atoms with Gasteiger partial charge in [-0.1, -0.05) is 30.3 Å². The molecule has 0 aliphatic carbocycles. The van der Waals surface area contributed by atoms with Gasteiger partial charge in [-0.25, -0.2) is 9.37 Å². The molecule has 4 rings (SSSR count). The summed E-state index contributed by atoms with van der Waals surface area (Å²) in [5.41, 5.74) is 0.688. The Morgan fingerprint density at radius 3 is 2.65 bits per heavy atom. The van der Waals surface area contributed by atoms with E-state index in [0.29, 0.717) is 23.9 Å². The number of hydrogen-bond acceptors (Lipinski definition) is 6. The lowest BCUT2D eigenvalue weighted by atomic mass is 10.2. The second-order valence-electron chi connectivity index (χ2n) is 7.57. The van der Waals surface area contributed by atoms with Crippen LogP contribution in [0.25, 0.3) is 17.0 Å². The molecule has 174 valence electrons. The first-order chi connectivity index (χ1) is 16.4. The number of para-hydroxylation sites is 1. The second-order valence-corrected chi connectivity index (χ2v) is 8.56. The molecule has 1 aliphatic rings. The van der Waals surface area contributed by atoms with E-state index >= 15 is 0 Å². The number of nitrogens with zero attached hydrogens (tertiary/aromatic N) is 3. The van der Waals surface area contributed by atoms with Crippen LogP contribution in [0.15, 0.2) is 64.6 Å². The van der Waals surface area contributed by atoms with E-state index < -0.39 is 17.0 Å². The summed E-state index contributed by atoms with van der Waals surface area (Å²) >= 11 is 0.739. The summed E-state index contributed by atoms with van der Waals surface area (Å²) in [6.07, 6.45) is 3.42. The van der Waals surface area contributed by atoms with Crippen molar-refractivity contribution in [1.29, 1.82) is 0 Å². The van der Waals surface area contributed by atoms with Crippen LogP contribution in [0.4, 0.5) is 9.18 Å². The van der Waals surface area contributed by atoms with Crippen LogP contribution in [0.1, 0.15) is 18.4 Å². The number of carbonyl (C=O) groups excluding carboxylic acids is 3. The van der Waals surface area contributed by atoms with E-state index in [1.54, 1.807) is 24.3 Å². The van der Waals surface area contributed by atoms with Crippen molar-refractivity contribution in [3.63, 3.8) is 0 Å². The van der Waals surface area contributed by atoms with E-state index in [0.717, 1.165) is 16.7 Å². The highest BCUT2D eigenvalue weighted by atomic mass is 32.2. The van der Waals surface area contributed by atoms with E-state index in [4.69, 9.17) is 0 Å². The fourth-order valence-corrected chi connectivity index (χ4v) is 4.35. The number of fused-ring (bicyclic) bond motifs is 1. The summed E-state index contributed by atoms with van der Waals surface area (Å²) in [5.74, 6) is -1.25. The number of hydrogen-bond donors (Lipinski definition) is 1. The fraction of sp³-hybridized carbons (Fsp3) is 0.208. The monoisotopic (exact) mass is 480 g/mol. The maximum absolute atomic E-state index is 13.8. The normalized spacial score (nSPS) is 14.9. The summed E-state index contributed by atoms with van der Waals surface area (Å²) in [7, 11) is 0. The molecule has 3 amide bonds. The van der Waals surface area contributed by atoms with Gasteiger partial charge in [-0.3, -0.25) is 28.6 Å². The highest BCUT2D eigenvalue weighted by molar-refractivity contribution is 8.18. The highest BCUT2D eigenvalue weighted by Crippen LogP contribution is 2.32. The van der Waals surface area contributed by atoms with Crippen LogP contribution < -0.4 is 10.9 Å². The second kappa shape index (κ2) is 10.4. The van der Waals surface area contributed by atoms with Crippen molar-refractivity contribution in [3.05, 3.63) is 81.5 Å². The number of amides is 3. The number of aryl methyl sites for hydroxylation is 1. The molecule has 10 heteroatoms. The molecule has 0 saturated carbocycles. The van der Waals surface area contributed by atoms with Crippen LogP contribution in [0.5, 0.6) is 0 Å². The van der Waals surface area contributed by atoms with Crippen LogP contribution in [0.3, 0.4) is 0 Å². The Morgan fingerprint density at radius 1 is 1.06 bits per heavy atom. The van der Waals surface area contributed by atoms with Crippen LogP contribution in [0.2, 0.25) is 0 Å². The molecule has 0 radical (unpaired) electrons. The van der Waals surface area contributed by atoms with Gasteiger partial charge in [-0.2, -0.15) is 0 Å². The van der Waals surface area contributed by atoms with Gasteiger partial charge in [0.15, 0.2) is 0 Å². The molecule has 0 unspecified atom stereocenters. The zero-order chi connectivity index (χ0) is 24.1. The first kappa shape index (κ1) is 23.4. The molecule has 2 heterocycles. The number of nitrogens with one attached hydrogen (secondary N) is 1. The van der Waals surface area contributed by atoms with Gasteiger partial charge in [-0.15, -0.1) is 0 Å². The van der Waals surface area contributed by atoms with Gasteiger partial charge in [0, 0.05) is 31.6 Å². The average Bonchev–Trinajstić information content (AvgIpc) is 3.09. The quantitative estimate of drug-likeness (QED) is 0.497. The van der Waals surface area contributed by atoms with Gasteiger partial charge in [-0.05, 0) is 42.5 Å². The van der Waals surface area contributed by atoms with Crippen LogP contribution in [0, 0.1) is 5.82 Å². The molecule has 1 saturated heterocycles. The number of aromatic nitrogens is 2. The van der Waals surface area contributed by atoms with Crippen molar-refractivity contribution in [2.75, 3.05) is 13.1 Å². The van der Waals surface area contributed by atoms with Crippen LogP contribution in [-0.2, 0) is 16.1 Å². The van der Waals surface area contributed by atoms with Crippen molar-refractivity contribution in [3.8, 4) is 0 Å². The molecule has 34 heavy (non-hydrogen) atoms. The zero-order valence-corrected chi connectivity index (χ0v) is 18.9. The number of rotatable bonds is 8. The molecule has 2 aromatic carbocycles. The zero-order valence-electron chi connectivity index (χ0n) is 18.1. The number of carbonyl (C=O) groups is 3. The number of imide groups is 1. The summed E-state index contributed by atoms with van der Waals surface area (Å²) in [6, 6.07) is 13.0. The molecule has 0 bridgehead atoms. The van der Waals surface area contributed by atoms with Crippen molar-refractivity contribution >= 4 is 45.8 Å². The SMILES string of the molecule is O=C(CCCn1cnc2ccccc2c1=O)NCCN1C(=O)S/C(=C\c2ccccc2F)C1=O. The van der Waals surface area contributed by atoms with E-state index in [2.05, 4.69) is 10.3 Å². The molecule has 1 N–H and O–H groups in total. The Bertz CT molecular complexity index is 1350. The summed E-state index contributed by atoms with van der Waals surface area (Å²) < 4.78 is 15.3. The minimum Gasteiger partial charge on any atom is -0.354 e. The van der Waals surface area contributed by atoms with Gasteiger partial charge in [0.25, 0.3) is 16.7 Å². The number of benzene rings is 2. The minimum atomic E-state index is -0.518. The first-order valence-corrected chi connectivity index (χ1v) is 11.5. The molecule has 1 aromatic heterocycles. The van der Waals surface area contributed by atoms with E-state index in [1.807, 2.05) is 6.07 Å². The smallest absolute Gasteiger partial charge is 0.293 e. The molecular formula is C24H21FN4O4S. The molecule has 8 nitrogen and oxygen atoms in total. The Labute approximate surface area is 198 Å². The lowest BCUT2D eigenvalue weighted by Gasteiger charge is -2.13. The Balaban J connectivity index is 1.24. The van der Waals surface area contributed by atoms with Crippen molar-refractivity contribution in [2.24, 2.45) is 0 Å². The van der Waals surface area contributed by atoms with Gasteiger partial charge >= 0.3 is 0 Å². The Kier molecular flexibility index (Phi) is 7.17. The van der Waals surface area contributed by atoms with Crippen LogP contribution >= 0.6 is 11.8 Å². The van der Waals surface area contributed by atoms with Gasteiger partial charge in [0.1, 0.15) is 5.82 Å². The third-order valence-corrected chi connectivity index (χ3v) is 6.16. The third kappa shape index (κ3) is 5.23. The summed E-state index contributed by atoms with van der Waals surface area (Å²) in [4.78, 5) is 54.7. The van der Waals surface area contributed by atoms with Crippen LogP contribution in [-0.4, -0.2) is 44.6 Å². The molecule has 1 aliphatic heterocycles.